The second-order valence-corrected chi connectivity index (χ2v) is 3.85. The molecule has 1 N–H and O–H groups in total. The molecule has 2 aromatic rings. The highest BCUT2D eigenvalue weighted by molar-refractivity contribution is 5.78. The van der Waals surface area contributed by atoms with E-state index in [0.717, 1.165) is 17.3 Å². The summed E-state index contributed by atoms with van der Waals surface area (Å²) in [7, 11) is 0. The molecule has 0 unspecified atom stereocenters. The fourth-order valence-corrected chi connectivity index (χ4v) is 1.73. The van der Waals surface area contributed by atoms with E-state index < -0.39 is 0 Å². The average Bonchev–Trinajstić information content (AvgIpc) is 2.25. The molecule has 0 atom stereocenters. The minimum absolute atomic E-state index is 0.0323. The van der Waals surface area contributed by atoms with Gasteiger partial charge in [0.25, 0.3) is 0 Å². The summed E-state index contributed by atoms with van der Waals surface area (Å²) in [6.07, 6.45) is 3.48. The Morgan fingerprint density at radius 3 is 2.80 bits per heavy atom. The van der Waals surface area contributed by atoms with Crippen molar-refractivity contribution >= 4 is 10.9 Å². The number of rotatable bonds is 3. The quantitative estimate of drug-likeness (QED) is 0.813. The summed E-state index contributed by atoms with van der Waals surface area (Å²) >= 11 is 0. The molecule has 1 aromatic heterocycles. The van der Waals surface area contributed by atoms with Gasteiger partial charge in [-0.05, 0) is 35.9 Å². The number of pyridine rings is 1. The van der Waals surface area contributed by atoms with E-state index in [2.05, 4.69) is 30.1 Å². The van der Waals surface area contributed by atoms with Gasteiger partial charge in [-0.15, -0.1) is 0 Å². The first kappa shape index (κ1) is 9.97. The zero-order valence-electron chi connectivity index (χ0n) is 8.92. The van der Waals surface area contributed by atoms with Crippen LogP contribution in [-0.2, 0) is 6.42 Å². The lowest BCUT2D eigenvalue weighted by Crippen LogP contribution is -2.02. The summed E-state index contributed by atoms with van der Waals surface area (Å²) in [6.45, 7) is 2.18. The molecule has 0 aliphatic carbocycles. The second-order valence-electron chi connectivity index (χ2n) is 3.85. The number of nitrogens with one attached hydrogen (secondary N) is 1. The van der Waals surface area contributed by atoms with Crippen LogP contribution in [-0.4, -0.2) is 4.98 Å². The Morgan fingerprint density at radius 1 is 1.20 bits per heavy atom. The Kier molecular flexibility index (Phi) is 2.86. The first-order valence-corrected chi connectivity index (χ1v) is 5.41. The molecule has 0 aliphatic heterocycles. The molecule has 15 heavy (non-hydrogen) atoms. The van der Waals surface area contributed by atoms with E-state index in [-0.39, 0.29) is 5.56 Å². The van der Waals surface area contributed by atoms with Crippen molar-refractivity contribution in [3.8, 4) is 0 Å². The lowest BCUT2D eigenvalue weighted by atomic mass is 10.1. The summed E-state index contributed by atoms with van der Waals surface area (Å²) in [5, 5.41) is 1.09. The minimum Gasteiger partial charge on any atom is -0.322 e. The molecule has 0 saturated heterocycles. The van der Waals surface area contributed by atoms with Gasteiger partial charge in [-0.1, -0.05) is 25.5 Å². The standard InChI is InChI=1S/C13H15NO/c1-2-3-4-10-5-6-11-7-8-13(15)14-12(11)9-10/h5-9H,2-4H2,1H3,(H,14,15). The molecule has 0 spiro atoms. The van der Waals surface area contributed by atoms with Gasteiger partial charge >= 0.3 is 0 Å². The fraction of sp³-hybridized carbons (Fsp3) is 0.308. The van der Waals surface area contributed by atoms with Crippen LogP contribution in [0.5, 0.6) is 0 Å². The molecule has 0 aliphatic rings. The molecular formula is C13H15NO. The van der Waals surface area contributed by atoms with Crippen molar-refractivity contribution < 1.29 is 0 Å². The van der Waals surface area contributed by atoms with Crippen molar-refractivity contribution in [1.82, 2.24) is 4.98 Å². The third-order valence-corrected chi connectivity index (χ3v) is 2.61. The maximum Gasteiger partial charge on any atom is 0.248 e. The Balaban J connectivity index is 2.40. The number of benzene rings is 1. The van der Waals surface area contributed by atoms with E-state index in [1.165, 1.54) is 18.4 Å². The van der Waals surface area contributed by atoms with Gasteiger partial charge in [0.2, 0.25) is 5.56 Å². The third kappa shape index (κ3) is 2.27. The maximum atomic E-state index is 11.2. The number of H-pyrrole nitrogens is 1. The fourth-order valence-electron chi connectivity index (χ4n) is 1.73. The average molecular weight is 201 g/mol. The summed E-state index contributed by atoms with van der Waals surface area (Å²) < 4.78 is 0. The number of aryl methyl sites for hydroxylation is 1. The van der Waals surface area contributed by atoms with Crippen LogP contribution in [0.4, 0.5) is 0 Å². The van der Waals surface area contributed by atoms with E-state index in [4.69, 9.17) is 0 Å². The molecule has 0 radical (unpaired) electrons. The van der Waals surface area contributed by atoms with Crippen molar-refractivity contribution in [3.63, 3.8) is 0 Å². The molecule has 1 heterocycles. The smallest absolute Gasteiger partial charge is 0.248 e. The number of fused-ring (bicyclic) bond motifs is 1. The Bertz CT molecular complexity index is 513. The van der Waals surface area contributed by atoms with Crippen molar-refractivity contribution in [2.24, 2.45) is 0 Å². The topological polar surface area (TPSA) is 32.9 Å². The first-order valence-electron chi connectivity index (χ1n) is 5.41. The van der Waals surface area contributed by atoms with Crippen LogP contribution < -0.4 is 5.56 Å². The monoisotopic (exact) mass is 201 g/mol. The van der Waals surface area contributed by atoms with E-state index in [1.807, 2.05) is 6.07 Å². The van der Waals surface area contributed by atoms with Gasteiger partial charge in [0.05, 0.1) is 0 Å². The van der Waals surface area contributed by atoms with Gasteiger partial charge < -0.3 is 4.98 Å². The van der Waals surface area contributed by atoms with Crippen LogP contribution in [0.2, 0.25) is 0 Å². The van der Waals surface area contributed by atoms with Crippen LogP contribution in [0.25, 0.3) is 10.9 Å². The summed E-state index contributed by atoms with van der Waals surface area (Å²) in [4.78, 5) is 14.0. The number of aromatic nitrogens is 1. The SMILES string of the molecule is CCCCc1ccc2ccc(=O)[nH]c2c1. The summed E-state index contributed by atoms with van der Waals surface area (Å²) in [6, 6.07) is 9.70. The third-order valence-electron chi connectivity index (χ3n) is 2.61. The van der Waals surface area contributed by atoms with Crippen LogP contribution in [0, 0.1) is 0 Å². The molecule has 0 saturated carbocycles. The number of unbranched alkanes of at least 4 members (excludes halogenated alkanes) is 1. The Labute approximate surface area is 89.0 Å². The van der Waals surface area contributed by atoms with Gasteiger partial charge in [-0.2, -0.15) is 0 Å². The highest BCUT2D eigenvalue weighted by atomic mass is 16.1. The van der Waals surface area contributed by atoms with Crippen molar-refractivity contribution in [3.05, 3.63) is 46.2 Å². The van der Waals surface area contributed by atoms with E-state index in [9.17, 15) is 4.79 Å². The zero-order chi connectivity index (χ0) is 10.7. The van der Waals surface area contributed by atoms with E-state index in [0.29, 0.717) is 0 Å². The van der Waals surface area contributed by atoms with Crippen LogP contribution in [0.1, 0.15) is 25.3 Å². The zero-order valence-corrected chi connectivity index (χ0v) is 8.92. The lowest BCUT2D eigenvalue weighted by Gasteiger charge is -2.02. The van der Waals surface area contributed by atoms with Crippen molar-refractivity contribution in [2.75, 3.05) is 0 Å². The van der Waals surface area contributed by atoms with Crippen LogP contribution in [0.3, 0.4) is 0 Å². The van der Waals surface area contributed by atoms with Gasteiger partial charge in [-0.3, -0.25) is 4.79 Å². The van der Waals surface area contributed by atoms with Crippen molar-refractivity contribution in [2.45, 2.75) is 26.2 Å². The summed E-state index contributed by atoms with van der Waals surface area (Å²) in [5.74, 6) is 0. The maximum absolute atomic E-state index is 11.2. The molecule has 0 bridgehead atoms. The largest absolute Gasteiger partial charge is 0.322 e. The molecular weight excluding hydrogens is 186 g/mol. The lowest BCUT2D eigenvalue weighted by molar-refractivity contribution is 0.795. The number of hydrogen-bond acceptors (Lipinski definition) is 1. The molecule has 0 amide bonds. The predicted octanol–water partition coefficient (Wildman–Crippen LogP) is 2.87. The van der Waals surface area contributed by atoms with E-state index in [1.54, 1.807) is 6.07 Å². The van der Waals surface area contributed by atoms with Crippen molar-refractivity contribution in [1.29, 1.82) is 0 Å². The van der Waals surface area contributed by atoms with Gasteiger partial charge in [0, 0.05) is 11.6 Å². The van der Waals surface area contributed by atoms with Crippen LogP contribution >= 0.6 is 0 Å². The molecule has 0 fully saturated rings. The Morgan fingerprint density at radius 2 is 2.00 bits per heavy atom. The molecule has 2 heteroatoms. The minimum atomic E-state index is -0.0323. The molecule has 2 nitrogen and oxygen atoms in total. The normalized spacial score (nSPS) is 10.7. The Hall–Kier alpha value is -1.57. The van der Waals surface area contributed by atoms with Crippen LogP contribution in [0.15, 0.2) is 35.1 Å². The predicted molar refractivity (Wildman–Crippen MR) is 63.2 cm³/mol. The van der Waals surface area contributed by atoms with Gasteiger partial charge in [0.15, 0.2) is 0 Å². The van der Waals surface area contributed by atoms with Gasteiger partial charge in [0.1, 0.15) is 0 Å². The van der Waals surface area contributed by atoms with E-state index >= 15 is 0 Å². The first-order chi connectivity index (χ1) is 7.29. The highest BCUT2D eigenvalue weighted by Gasteiger charge is 1.97. The van der Waals surface area contributed by atoms with Gasteiger partial charge in [-0.25, -0.2) is 0 Å². The summed E-state index contributed by atoms with van der Waals surface area (Å²) in [5.41, 5.74) is 2.21. The molecule has 78 valence electrons. The molecule has 2 rings (SSSR count). The number of hydrogen-bond donors (Lipinski definition) is 1. The molecule has 1 aromatic carbocycles. The highest BCUT2D eigenvalue weighted by Crippen LogP contribution is 2.13. The second kappa shape index (κ2) is 4.30. The number of aromatic amines is 1.